The zero-order valence-corrected chi connectivity index (χ0v) is 16.4. The van der Waals surface area contributed by atoms with E-state index in [1.165, 1.54) is 0 Å². The first-order valence-corrected chi connectivity index (χ1v) is 9.92. The van der Waals surface area contributed by atoms with Crippen LogP contribution in [0.15, 0.2) is 107 Å². The van der Waals surface area contributed by atoms with Crippen molar-refractivity contribution >= 4 is 23.1 Å². The average Bonchev–Trinajstić information content (AvgIpc) is 2.74. The van der Waals surface area contributed by atoms with E-state index >= 15 is 0 Å². The second-order valence-electron chi connectivity index (χ2n) is 6.34. The Morgan fingerprint density at radius 1 is 0.483 bits per heavy atom. The zero-order chi connectivity index (χ0) is 20.1. The van der Waals surface area contributed by atoms with E-state index in [0.717, 1.165) is 32.8 Å². The van der Waals surface area contributed by atoms with Crippen LogP contribution >= 0.6 is 11.8 Å². The van der Waals surface area contributed by atoms with Crippen LogP contribution in [0.2, 0.25) is 0 Å². The summed E-state index contributed by atoms with van der Waals surface area (Å²) in [5.74, 6) is 3.01. The smallest absolute Gasteiger partial charge is 0.141 e. The molecule has 0 saturated heterocycles. The fraction of sp³-hybridized carbons (Fsp3) is 0. The molecule has 0 unspecified atom stereocenters. The van der Waals surface area contributed by atoms with Gasteiger partial charge in [0.25, 0.3) is 0 Å². The quantitative estimate of drug-likeness (QED) is 0.357. The Hall–Kier alpha value is -3.57. The first-order chi connectivity index (χ1) is 14.2. The first-order valence-electron chi connectivity index (χ1n) is 9.10. The number of anilines is 2. The van der Waals surface area contributed by atoms with E-state index in [4.69, 9.17) is 20.9 Å². The minimum atomic E-state index is 0.703. The number of nitrogens with two attached hydrogens (primary N) is 2. The van der Waals surface area contributed by atoms with Gasteiger partial charge < -0.3 is 20.9 Å². The van der Waals surface area contributed by atoms with Gasteiger partial charge in [-0.3, -0.25) is 0 Å². The lowest BCUT2D eigenvalue weighted by Crippen LogP contribution is -1.90. The SMILES string of the molecule is Nc1ccc(Oc2ccccc2Sc2ccccc2Oc2ccc(N)cc2)cc1. The van der Waals surface area contributed by atoms with Gasteiger partial charge in [-0.2, -0.15) is 0 Å². The highest BCUT2D eigenvalue weighted by atomic mass is 32.2. The molecule has 4 aromatic rings. The molecule has 0 atom stereocenters. The van der Waals surface area contributed by atoms with Gasteiger partial charge in [0, 0.05) is 11.4 Å². The van der Waals surface area contributed by atoms with Gasteiger partial charge in [0.15, 0.2) is 0 Å². The van der Waals surface area contributed by atoms with Crippen LogP contribution in [-0.4, -0.2) is 0 Å². The molecule has 0 saturated carbocycles. The van der Waals surface area contributed by atoms with Gasteiger partial charge >= 0.3 is 0 Å². The van der Waals surface area contributed by atoms with Gasteiger partial charge in [-0.15, -0.1) is 0 Å². The van der Waals surface area contributed by atoms with Crippen molar-refractivity contribution < 1.29 is 9.47 Å². The molecule has 4 aromatic carbocycles. The molecule has 0 bridgehead atoms. The maximum atomic E-state index is 6.08. The summed E-state index contributed by atoms with van der Waals surface area (Å²) in [6.45, 7) is 0. The summed E-state index contributed by atoms with van der Waals surface area (Å²) < 4.78 is 12.2. The van der Waals surface area contributed by atoms with Gasteiger partial charge in [0.2, 0.25) is 0 Å². The highest BCUT2D eigenvalue weighted by Gasteiger charge is 2.11. The number of rotatable bonds is 6. The summed E-state index contributed by atoms with van der Waals surface area (Å²) in [5, 5.41) is 0. The Kier molecular flexibility index (Phi) is 5.59. The lowest BCUT2D eigenvalue weighted by Gasteiger charge is -2.14. The Labute approximate surface area is 174 Å². The van der Waals surface area contributed by atoms with Crippen LogP contribution in [0.4, 0.5) is 11.4 Å². The Balaban J connectivity index is 1.58. The highest BCUT2D eigenvalue weighted by molar-refractivity contribution is 7.99. The van der Waals surface area contributed by atoms with Gasteiger partial charge in [-0.25, -0.2) is 0 Å². The summed E-state index contributed by atoms with van der Waals surface area (Å²) in [6.07, 6.45) is 0. The molecule has 4 rings (SSSR count). The van der Waals surface area contributed by atoms with Gasteiger partial charge in [0.05, 0.1) is 9.79 Å². The standard InChI is InChI=1S/C24H20N2O2S/c25-17-9-13-19(14-10-17)27-21-5-1-3-7-23(21)29-24-8-4-2-6-22(24)28-20-15-11-18(26)12-16-20/h1-16H,25-26H2. The van der Waals surface area contributed by atoms with Gasteiger partial charge in [0.1, 0.15) is 23.0 Å². The van der Waals surface area contributed by atoms with Crippen molar-refractivity contribution in [3.05, 3.63) is 97.1 Å². The molecular formula is C24H20N2O2S. The third-order valence-electron chi connectivity index (χ3n) is 4.13. The lowest BCUT2D eigenvalue weighted by atomic mass is 10.3. The monoisotopic (exact) mass is 400 g/mol. The summed E-state index contributed by atoms with van der Waals surface area (Å²) in [5.41, 5.74) is 12.9. The van der Waals surface area contributed by atoms with Gasteiger partial charge in [-0.05, 0) is 72.8 Å². The summed E-state index contributed by atoms with van der Waals surface area (Å²) in [6, 6.07) is 30.5. The van der Waals surface area contributed by atoms with Crippen LogP contribution in [0, 0.1) is 0 Å². The molecular weight excluding hydrogens is 380 g/mol. The molecule has 4 nitrogen and oxygen atoms in total. The van der Waals surface area contributed by atoms with Crippen LogP contribution in [0.3, 0.4) is 0 Å². The van der Waals surface area contributed by atoms with E-state index < -0.39 is 0 Å². The number of hydrogen-bond donors (Lipinski definition) is 2. The molecule has 0 spiro atoms. The zero-order valence-electron chi connectivity index (χ0n) is 15.6. The third-order valence-corrected chi connectivity index (χ3v) is 5.25. The van der Waals surface area contributed by atoms with Crippen LogP contribution < -0.4 is 20.9 Å². The highest BCUT2D eigenvalue weighted by Crippen LogP contribution is 2.41. The molecule has 0 aliphatic rings. The fourth-order valence-corrected chi connectivity index (χ4v) is 3.63. The van der Waals surface area contributed by atoms with E-state index in [0.29, 0.717) is 11.4 Å². The van der Waals surface area contributed by atoms with Crippen LogP contribution in [0.1, 0.15) is 0 Å². The Morgan fingerprint density at radius 3 is 1.28 bits per heavy atom. The largest absolute Gasteiger partial charge is 0.456 e. The molecule has 0 radical (unpaired) electrons. The number of para-hydroxylation sites is 2. The Bertz CT molecular complexity index is 1010. The fourth-order valence-electron chi connectivity index (χ4n) is 2.68. The van der Waals surface area contributed by atoms with Crippen molar-refractivity contribution in [2.75, 3.05) is 11.5 Å². The van der Waals surface area contributed by atoms with Crippen molar-refractivity contribution in [2.45, 2.75) is 9.79 Å². The molecule has 29 heavy (non-hydrogen) atoms. The number of hydrogen-bond acceptors (Lipinski definition) is 5. The normalized spacial score (nSPS) is 10.5. The minimum Gasteiger partial charge on any atom is -0.456 e. The van der Waals surface area contributed by atoms with Crippen molar-refractivity contribution in [2.24, 2.45) is 0 Å². The number of benzene rings is 4. The topological polar surface area (TPSA) is 70.5 Å². The molecule has 0 aliphatic heterocycles. The number of ether oxygens (including phenoxy) is 2. The molecule has 0 fully saturated rings. The molecule has 0 aliphatic carbocycles. The second kappa shape index (κ2) is 8.63. The van der Waals surface area contributed by atoms with E-state index in [-0.39, 0.29) is 0 Å². The average molecular weight is 401 g/mol. The van der Waals surface area contributed by atoms with E-state index in [9.17, 15) is 0 Å². The van der Waals surface area contributed by atoms with Crippen LogP contribution in [0.25, 0.3) is 0 Å². The van der Waals surface area contributed by atoms with E-state index in [1.807, 2.05) is 97.1 Å². The third kappa shape index (κ3) is 4.83. The lowest BCUT2D eigenvalue weighted by molar-refractivity contribution is 0.468. The number of nitrogen functional groups attached to an aromatic ring is 2. The maximum Gasteiger partial charge on any atom is 0.141 e. The molecule has 5 heteroatoms. The van der Waals surface area contributed by atoms with E-state index in [2.05, 4.69) is 0 Å². The van der Waals surface area contributed by atoms with Crippen molar-refractivity contribution in [1.29, 1.82) is 0 Å². The molecule has 0 amide bonds. The molecule has 4 N–H and O–H groups in total. The second-order valence-corrected chi connectivity index (χ2v) is 7.42. The summed E-state index contributed by atoms with van der Waals surface area (Å²) in [4.78, 5) is 1.97. The minimum absolute atomic E-state index is 0.703. The summed E-state index contributed by atoms with van der Waals surface area (Å²) >= 11 is 1.59. The first kappa shape index (κ1) is 18.8. The molecule has 144 valence electrons. The van der Waals surface area contributed by atoms with Crippen molar-refractivity contribution in [3.63, 3.8) is 0 Å². The maximum absolute atomic E-state index is 6.08. The van der Waals surface area contributed by atoms with Crippen LogP contribution in [-0.2, 0) is 0 Å². The predicted molar refractivity (Wildman–Crippen MR) is 119 cm³/mol. The van der Waals surface area contributed by atoms with E-state index in [1.54, 1.807) is 11.8 Å². The Morgan fingerprint density at radius 2 is 0.862 bits per heavy atom. The van der Waals surface area contributed by atoms with Gasteiger partial charge in [-0.1, -0.05) is 36.0 Å². The molecule has 0 heterocycles. The van der Waals surface area contributed by atoms with Crippen LogP contribution in [0.5, 0.6) is 23.0 Å². The van der Waals surface area contributed by atoms with Crippen molar-refractivity contribution in [1.82, 2.24) is 0 Å². The molecule has 0 aromatic heterocycles. The predicted octanol–water partition coefficient (Wildman–Crippen LogP) is 6.59. The summed E-state index contributed by atoms with van der Waals surface area (Å²) in [7, 11) is 0. The van der Waals surface area contributed by atoms with Crippen molar-refractivity contribution in [3.8, 4) is 23.0 Å².